The highest BCUT2D eigenvalue weighted by Crippen LogP contribution is 2.33. The van der Waals surface area contributed by atoms with Crippen molar-refractivity contribution in [2.75, 3.05) is 39.1 Å². The number of benzene rings is 1. The molecule has 164 valence electrons. The molecule has 8 nitrogen and oxygen atoms in total. The smallest absolute Gasteiger partial charge is 0.257 e. The van der Waals surface area contributed by atoms with Gasteiger partial charge >= 0.3 is 0 Å². The normalized spacial score (nSPS) is 15.2. The fourth-order valence-electron chi connectivity index (χ4n) is 3.55. The van der Waals surface area contributed by atoms with E-state index in [1.165, 1.54) is 19.2 Å². The number of fused-ring (bicyclic) bond motifs is 1. The Morgan fingerprint density at radius 2 is 2.16 bits per heavy atom. The summed E-state index contributed by atoms with van der Waals surface area (Å²) in [7, 11) is 3.60. The standard InChI is InChI=1S/C21H24ClFN6O2/c1-24-17(30)11-31-16-4-3-12(9-15(16)23)20-27-19-18(14(22)10-25-21(19)28-20)26-13-5-7-29(2)8-6-13/h3-4,9-10,13H,5-8,11H2,1-2H3,(H,24,30)(H2,25,26,27,28). The fraction of sp³-hybridized carbons (Fsp3) is 0.381. The summed E-state index contributed by atoms with van der Waals surface area (Å²) in [6.07, 6.45) is 3.60. The number of likely N-dealkylation sites (tertiary alicyclic amines) is 1. The number of amides is 1. The SMILES string of the molecule is CNC(=O)COc1ccc(-c2nc3ncc(Cl)c(NC4CCN(C)CC4)c3[nH]2)cc1F. The van der Waals surface area contributed by atoms with Crippen LogP contribution in [0.25, 0.3) is 22.6 Å². The summed E-state index contributed by atoms with van der Waals surface area (Å²) < 4.78 is 19.7. The largest absolute Gasteiger partial charge is 0.481 e. The highest BCUT2D eigenvalue weighted by Gasteiger charge is 2.20. The number of carbonyl (C=O) groups is 1. The number of pyridine rings is 1. The van der Waals surface area contributed by atoms with E-state index in [0.717, 1.165) is 31.6 Å². The van der Waals surface area contributed by atoms with Crippen LogP contribution in [0.3, 0.4) is 0 Å². The molecule has 10 heteroatoms. The quantitative estimate of drug-likeness (QED) is 0.538. The average molecular weight is 447 g/mol. The molecule has 2 aromatic heterocycles. The molecule has 4 rings (SSSR count). The number of imidazole rings is 1. The van der Waals surface area contributed by atoms with Gasteiger partial charge in [0.25, 0.3) is 5.91 Å². The van der Waals surface area contributed by atoms with Crippen LogP contribution < -0.4 is 15.4 Å². The van der Waals surface area contributed by atoms with Crippen LogP contribution in [0.15, 0.2) is 24.4 Å². The minimum atomic E-state index is -0.586. The summed E-state index contributed by atoms with van der Waals surface area (Å²) in [5.74, 6) is -0.465. The van der Waals surface area contributed by atoms with E-state index in [1.54, 1.807) is 12.3 Å². The number of hydrogen-bond donors (Lipinski definition) is 3. The molecule has 3 aromatic rings. The van der Waals surface area contributed by atoms with Gasteiger partial charge in [-0.05, 0) is 51.2 Å². The topological polar surface area (TPSA) is 95.2 Å². The van der Waals surface area contributed by atoms with Crippen LogP contribution in [-0.4, -0.2) is 65.6 Å². The number of halogens is 2. The Kier molecular flexibility index (Phi) is 6.24. The van der Waals surface area contributed by atoms with Crippen molar-refractivity contribution < 1.29 is 13.9 Å². The number of H-pyrrole nitrogens is 1. The van der Waals surface area contributed by atoms with E-state index >= 15 is 0 Å². The summed E-state index contributed by atoms with van der Waals surface area (Å²) in [6, 6.07) is 4.76. The lowest BCUT2D eigenvalue weighted by Crippen LogP contribution is -2.36. The lowest BCUT2D eigenvalue weighted by atomic mass is 10.1. The molecular weight excluding hydrogens is 423 g/mol. The van der Waals surface area contributed by atoms with Gasteiger partial charge in [0.15, 0.2) is 23.8 Å². The number of ether oxygens (including phenoxy) is 1. The first-order valence-corrected chi connectivity index (χ1v) is 10.4. The number of carbonyl (C=O) groups excluding carboxylic acids is 1. The molecular formula is C21H24ClFN6O2. The second-order valence-electron chi connectivity index (χ2n) is 7.59. The van der Waals surface area contributed by atoms with Crippen molar-refractivity contribution in [3.8, 4) is 17.1 Å². The summed E-state index contributed by atoms with van der Waals surface area (Å²) in [6.45, 7) is 1.78. The van der Waals surface area contributed by atoms with Crippen LogP contribution in [0.1, 0.15) is 12.8 Å². The maximum absolute atomic E-state index is 14.5. The average Bonchev–Trinajstić information content (AvgIpc) is 3.20. The minimum absolute atomic E-state index is 0.00532. The maximum Gasteiger partial charge on any atom is 0.257 e. The first-order valence-electron chi connectivity index (χ1n) is 10.1. The second-order valence-corrected chi connectivity index (χ2v) is 8.00. The van der Waals surface area contributed by atoms with Crippen molar-refractivity contribution in [3.05, 3.63) is 35.2 Å². The third-order valence-corrected chi connectivity index (χ3v) is 5.67. The number of aromatic nitrogens is 3. The van der Waals surface area contributed by atoms with Crippen LogP contribution in [0.5, 0.6) is 5.75 Å². The molecule has 0 aliphatic carbocycles. The third-order valence-electron chi connectivity index (χ3n) is 5.38. The maximum atomic E-state index is 14.5. The van der Waals surface area contributed by atoms with Gasteiger partial charge < -0.3 is 25.3 Å². The van der Waals surface area contributed by atoms with Crippen LogP contribution in [0.4, 0.5) is 10.1 Å². The predicted octanol–water partition coefficient (Wildman–Crippen LogP) is 3.05. The molecule has 3 N–H and O–H groups in total. The molecule has 0 unspecified atom stereocenters. The summed E-state index contributed by atoms with van der Waals surface area (Å²) in [4.78, 5) is 25.6. The number of rotatable bonds is 6. The van der Waals surface area contributed by atoms with Crippen molar-refractivity contribution in [2.24, 2.45) is 0 Å². The number of aromatic amines is 1. The van der Waals surface area contributed by atoms with Crippen molar-refractivity contribution in [1.82, 2.24) is 25.2 Å². The number of nitrogens with zero attached hydrogens (tertiary/aromatic N) is 3. The molecule has 0 spiro atoms. The van der Waals surface area contributed by atoms with E-state index in [9.17, 15) is 9.18 Å². The molecule has 0 atom stereocenters. The molecule has 31 heavy (non-hydrogen) atoms. The Labute approximate surface area is 184 Å². The number of nitrogens with one attached hydrogen (secondary N) is 3. The van der Waals surface area contributed by atoms with Crippen LogP contribution in [-0.2, 0) is 4.79 Å². The Morgan fingerprint density at radius 1 is 1.39 bits per heavy atom. The number of likely N-dealkylation sites (N-methyl/N-ethyl adjacent to an activating group) is 1. The summed E-state index contributed by atoms with van der Waals surface area (Å²) >= 11 is 6.43. The van der Waals surface area contributed by atoms with Gasteiger partial charge in [-0.15, -0.1) is 0 Å². The van der Waals surface area contributed by atoms with Gasteiger partial charge in [0, 0.05) is 18.7 Å². The Hall–Kier alpha value is -2.91. The van der Waals surface area contributed by atoms with E-state index in [-0.39, 0.29) is 18.3 Å². The van der Waals surface area contributed by atoms with E-state index in [1.807, 2.05) is 0 Å². The van der Waals surface area contributed by atoms with Crippen LogP contribution >= 0.6 is 11.6 Å². The van der Waals surface area contributed by atoms with Gasteiger partial charge in [-0.2, -0.15) is 0 Å². The predicted molar refractivity (Wildman–Crippen MR) is 118 cm³/mol. The number of piperidine rings is 1. The lowest BCUT2D eigenvalue weighted by molar-refractivity contribution is -0.122. The Balaban J connectivity index is 1.59. The fourth-order valence-corrected chi connectivity index (χ4v) is 3.75. The van der Waals surface area contributed by atoms with Crippen molar-refractivity contribution in [2.45, 2.75) is 18.9 Å². The van der Waals surface area contributed by atoms with Gasteiger partial charge in [0.05, 0.1) is 16.9 Å². The molecule has 0 radical (unpaired) electrons. The van der Waals surface area contributed by atoms with Gasteiger partial charge in [0.1, 0.15) is 11.3 Å². The molecule has 1 saturated heterocycles. The first-order chi connectivity index (χ1) is 14.9. The van der Waals surface area contributed by atoms with Gasteiger partial charge in [0.2, 0.25) is 0 Å². The van der Waals surface area contributed by atoms with Crippen molar-refractivity contribution in [1.29, 1.82) is 0 Å². The lowest BCUT2D eigenvalue weighted by Gasteiger charge is -2.30. The minimum Gasteiger partial charge on any atom is -0.481 e. The van der Waals surface area contributed by atoms with Crippen molar-refractivity contribution >= 4 is 34.4 Å². The molecule has 1 aliphatic heterocycles. The highest BCUT2D eigenvalue weighted by atomic mass is 35.5. The molecule has 0 saturated carbocycles. The zero-order chi connectivity index (χ0) is 22.0. The van der Waals surface area contributed by atoms with E-state index in [4.69, 9.17) is 16.3 Å². The molecule has 3 heterocycles. The van der Waals surface area contributed by atoms with E-state index < -0.39 is 5.82 Å². The van der Waals surface area contributed by atoms with Gasteiger partial charge in [-0.1, -0.05) is 11.6 Å². The zero-order valence-electron chi connectivity index (χ0n) is 17.3. The molecule has 1 aromatic carbocycles. The number of hydrogen-bond acceptors (Lipinski definition) is 6. The van der Waals surface area contributed by atoms with Crippen LogP contribution in [0, 0.1) is 5.82 Å². The number of anilines is 1. The van der Waals surface area contributed by atoms with Crippen LogP contribution in [0.2, 0.25) is 5.02 Å². The van der Waals surface area contributed by atoms with Crippen molar-refractivity contribution in [3.63, 3.8) is 0 Å². The second kappa shape index (κ2) is 9.07. The van der Waals surface area contributed by atoms with Gasteiger partial charge in [-0.25, -0.2) is 14.4 Å². The zero-order valence-corrected chi connectivity index (χ0v) is 18.1. The summed E-state index contributed by atoms with van der Waals surface area (Å²) in [5.41, 5.74) is 2.46. The van der Waals surface area contributed by atoms with E-state index in [0.29, 0.717) is 33.6 Å². The monoisotopic (exact) mass is 446 g/mol. The Morgan fingerprint density at radius 3 is 2.87 bits per heavy atom. The van der Waals surface area contributed by atoms with Gasteiger partial charge in [-0.3, -0.25) is 4.79 Å². The summed E-state index contributed by atoms with van der Waals surface area (Å²) in [5, 5.41) is 6.45. The first kappa shape index (κ1) is 21.3. The molecule has 1 fully saturated rings. The molecule has 0 bridgehead atoms. The molecule has 1 aliphatic rings. The Bertz CT molecular complexity index is 1100. The molecule has 1 amide bonds. The third kappa shape index (κ3) is 4.72. The van der Waals surface area contributed by atoms with E-state index in [2.05, 4.69) is 37.5 Å². The highest BCUT2D eigenvalue weighted by molar-refractivity contribution is 6.34.